The molecule has 2 rings (SSSR count). The Kier molecular flexibility index (Phi) is 4.94. The Morgan fingerprint density at radius 1 is 1.38 bits per heavy atom. The van der Waals surface area contributed by atoms with E-state index in [4.69, 9.17) is 16.3 Å². The van der Waals surface area contributed by atoms with Crippen molar-refractivity contribution >= 4 is 23.1 Å². The van der Waals surface area contributed by atoms with Crippen molar-refractivity contribution in [3.63, 3.8) is 0 Å². The van der Waals surface area contributed by atoms with Crippen LogP contribution in [-0.2, 0) is 0 Å². The summed E-state index contributed by atoms with van der Waals surface area (Å²) in [4.78, 5) is 14.3. The number of nitrogens with zero attached hydrogens (tertiary/aromatic N) is 2. The lowest BCUT2D eigenvalue weighted by molar-refractivity contribution is -0.384. The maximum Gasteiger partial charge on any atom is 0.311 e. The average Bonchev–Trinajstić information content (AvgIpc) is 2.43. The van der Waals surface area contributed by atoms with Crippen LogP contribution in [0.5, 0.6) is 5.75 Å². The second kappa shape index (κ2) is 6.90. The van der Waals surface area contributed by atoms with Crippen LogP contribution >= 0.6 is 11.6 Å². The molecule has 7 heteroatoms. The number of aryl methyl sites for hydroxylation is 1. The van der Waals surface area contributed by atoms with E-state index in [0.29, 0.717) is 13.2 Å². The van der Waals surface area contributed by atoms with Gasteiger partial charge in [-0.25, -0.2) is 4.98 Å². The Labute approximate surface area is 126 Å². The van der Waals surface area contributed by atoms with Gasteiger partial charge in [0.05, 0.1) is 11.5 Å². The zero-order valence-corrected chi connectivity index (χ0v) is 12.1. The van der Waals surface area contributed by atoms with Gasteiger partial charge in [-0.05, 0) is 30.7 Å². The third-order valence-corrected chi connectivity index (χ3v) is 2.90. The molecule has 0 aliphatic carbocycles. The molecule has 0 radical (unpaired) electrons. The molecule has 21 heavy (non-hydrogen) atoms. The molecule has 0 unspecified atom stereocenters. The molecule has 1 aromatic carbocycles. The van der Waals surface area contributed by atoms with Gasteiger partial charge >= 0.3 is 5.69 Å². The van der Waals surface area contributed by atoms with Crippen LogP contribution in [0.15, 0.2) is 36.4 Å². The molecule has 0 saturated carbocycles. The van der Waals surface area contributed by atoms with Crippen molar-refractivity contribution in [3.8, 4) is 5.75 Å². The van der Waals surface area contributed by atoms with Crippen molar-refractivity contribution in [1.82, 2.24) is 4.98 Å². The van der Waals surface area contributed by atoms with Crippen LogP contribution in [0.2, 0.25) is 5.15 Å². The highest BCUT2D eigenvalue weighted by atomic mass is 35.5. The van der Waals surface area contributed by atoms with E-state index in [1.165, 1.54) is 12.1 Å². The number of nitrogens with one attached hydrogen (secondary N) is 1. The lowest BCUT2D eigenvalue weighted by atomic mass is 10.2. The van der Waals surface area contributed by atoms with E-state index >= 15 is 0 Å². The summed E-state index contributed by atoms with van der Waals surface area (Å²) in [5.74, 6) is 0.894. The van der Waals surface area contributed by atoms with Gasteiger partial charge < -0.3 is 10.1 Å². The maximum atomic E-state index is 10.9. The molecule has 1 heterocycles. The Morgan fingerprint density at radius 3 is 2.90 bits per heavy atom. The Morgan fingerprint density at radius 2 is 2.19 bits per heavy atom. The summed E-state index contributed by atoms with van der Waals surface area (Å²) < 4.78 is 5.55. The molecule has 0 atom stereocenters. The lowest BCUT2D eigenvalue weighted by Gasteiger charge is -2.09. The summed E-state index contributed by atoms with van der Waals surface area (Å²) in [6.07, 6.45) is 0. The maximum absolute atomic E-state index is 10.9. The number of rotatable bonds is 6. The van der Waals surface area contributed by atoms with E-state index in [-0.39, 0.29) is 16.7 Å². The van der Waals surface area contributed by atoms with Crippen LogP contribution in [0, 0.1) is 17.0 Å². The first-order chi connectivity index (χ1) is 10.1. The normalized spacial score (nSPS) is 10.2. The molecular weight excluding hydrogens is 294 g/mol. The molecule has 1 aromatic heterocycles. The number of pyridine rings is 1. The summed E-state index contributed by atoms with van der Waals surface area (Å²) in [5.41, 5.74) is 0.988. The quantitative estimate of drug-likeness (QED) is 0.383. The van der Waals surface area contributed by atoms with Gasteiger partial charge in [0.25, 0.3) is 0 Å². The number of hydrogen-bond acceptors (Lipinski definition) is 5. The molecule has 0 saturated heterocycles. The van der Waals surface area contributed by atoms with Crippen molar-refractivity contribution in [2.45, 2.75) is 6.92 Å². The largest absolute Gasteiger partial charge is 0.492 e. The standard InChI is InChI=1S/C14H14ClN3O3/c1-10-3-2-4-11(9-10)21-8-7-16-14-12(18(19)20)5-6-13(15)17-14/h2-6,9H,7-8H2,1H3,(H,16,17). The van der Waals surface area contributed by atoms with Crippen molar-refractivity contribution in [2.24, 2.45) is 0 Å². The average molecular weight is 308 g/mol. The topological polar surface area (TPSA) is 77.3 Å². The lowest BCUT2D eigenvalue weighted by Crippen LogP contribution is -2.13. The molecule has 0 amide bonds. The number of halogens is 1. The highest BCUT2D eigenvalue weighted by Crippen LogP contribution is 2.23. The van der Waals surface area contributed by atoms with Crippen LogP contribution in [0.25, 0.3) is 0 Å². The van der Waals surface area contributed by atoms with Crippen molar-refractivity contribution < 1.29 is 9.66 Å². The van der Waals surface area contributed by atoms with Gasteiger partial charge in [0.15, 0.2) is 0 Å². The Bertz CT molecular complexity index is 649. The molecule has 0 aliphatic rings. The van der Waals surface area contributed by atoms with E-state index in [0.717, 1.165) is 11.3 Å². The van der Waals surface area contributed by atoms with Crippen LogP contribution in [-0.4, -0.2) is 23.1 Å². The van der Waals surface area contributed by atoms with E-state index < -0.39 is 4.92 Å². The zero-order valence-electron chi connectivity index (χ0n) is 11.4. The van der Waals surface area contributed by atoms with E-state index in [9.17, 15) is 10.1 Å². The third-order valence-electron chi connectivity index (χ3n) is 2.69. The number of anilines is 1. The minimum Gasteiger partial charge on any atom is -0.492 e. The fourth-order valence-corrected chi connectivity index (χ4v) is 1.90. The number of aromatic nitrogens is 1. The number of nitro groups is 1. The van der Waals surface area contributed by atoms with Gasteiger partial charge in [0.2, 0.25) is 5.82 Å². The first-order valence-electron chi connectivity index (χ1n) is 6.30. The minimum absolute atomic E-state index is 0.116. The highest BCUT2D eigenvalue weighted by Gasteiger charge is 2.15. The molecule has 0 fully saturated rings. The first kappa shape index (κ1) is 15.1. The molecule has 1 N–H and O–H groups in total. The fourth-order valence-electron chi connectivity index (χ4n) is 1.75. The number of ether oxygens (including phenoxy) is 1. The second-order valence-corrected chi connectivity index (χ2v) is 4.74. The summed E-state index contributed by atoms with van der Waals surface area (Å²) in [7, 11) is 0. The summed E-state index contributed by atoms with van der Waals surface area (Å²) in [6, 6.07) is 10.4. The second-order valence-electron chi connectivity index (χ2n) is 4.35. The fraction of sp³-hybridized carbons (Fsp3) is 0.214. The van der Waals surface area contributed by atoms with Gasteiger partial charge in [-0.2, -0.15) is 0 Å². The highest BCUT2D eigenvalue weighted by molar-refractivity contribution is 6.29. The monoisotopic (exact) mass is 307 g/mol. The van der Waals surface area contributed by atoms with Gasteiger partial charge in [-0.3, -0.25) is 10.1 Å². The molecule has 110 valence electrons. The molecule has 0 aliphatic heterocycles. The number of benzene rings is 1. The molecule has 0 spiro atoms. The van der Waals surface area contributed by atoms with Gasteiger partial charge in [0.1, 0.15) is 17.5 Å². The van der Waals surface area contributed by atoms with Crippen molar-refractivity contribution in [3.05, 3.63) is 57.2 Å². The summed E-state index contributed by atoms with van der Waals surface area (Å²) in [5, 5.41) is 13.9. The number of hydrogen-bond donors (Lipinski definition) is 1. The first-order valence-corrected chi connectivity index (χ1v) is 6.68. The van der Waals surface area contributed by atoms with Crippen molar-refractivity contribution in [1.29, 1.82) is 0 Å². The van der Waals surface area contributed by atoms with E-state index in [1.807, 2.05) is 31.2 Å². The summed E-state index contributed by atoms with van der Waals surface area (Å²) >= 11 is 5.74. The molecular formula is C14H14ClN3O3. The Hall–Kier alpha value is -2.34. The van der Waals surface area contributed by atoms with E-state index in [1.54, 1.807) is 0 Å². The van der Waals surface area contributed by atoms with Crippen LogP contribution in [0.4, 0.5) is 11.5 Å². The molecule has 0 bridgehead atoms. The summed E-state index contributed by atoms with van der Waals surface area (Å²) in [6.45, 7) is 2.71. The minimum atomic E-state index is -0.507. The molecule has 6 nitrogen and oxygen atoms in total. The van der Waals surface area contributed by atoms with Gasteiger partial charge in [-0.1, -0.05) is 23.7 Å². The predicted molar refractivity (Wildman–Crippen MR) is 81.1 cm³/mol. The van der Waals surface area contributed by atoms with Crippen LogP contribution < -0.4 is 10.1 Å². The predicted octanol–water partition coefficient (Wildman–Crippen LogP) is 3.44. The van der Waals surface area contributed by atoms with Gasteiger partial charge in [-0.15, -0.1) is 0 Å². The van der Waals surface area contributed by atoms with Crippen LogP contribution in [0.1, 0.15) is 5.56 Å². The van der Waals surface area contributed by atoms with Crippen LogP contribution in [0.3, 0.4) is 0 Å². The zero-order chi connectivity index (χ0) is 15.2. The van der Waals surface area contributed by atoms with Crippen molar-refractivity contribution in [2.75, 3.05) is 18.5 Å². The Balaban J connectivity index is 1.91. The molecule has 2 aromatic rings. The van der Waals surface area contributed by atoms with E-state index in [2.05, 4.69) is 10.3 Å². The van der Waals surface area contributed by atoms with Gasteiger partial charge in [0, 0.05) is 6.07 Å². The SMILES string of the molecule is Cc1cccc(OCCNc2nc(Cl)ccc2[N+](=O)[O-])c1. The smallest absolute Gasteiger partial charge is 0.311 e. The third kappa shape index (κ3) is 4.32.